The van der Waals surface area contributed by atoms with Crippen LogP contribution in [0.2, 0.25) is 0 Å². The molecule has 0 radical (unpaired) electrons. The molecule has 0 fully saturated rings. The van der Waals surface area contributed by atoms with Gasteiger partial charge >= 0.3 is 0 Å². The summed E-state index contributed by atoms with van der Waals surface area (Å²) in [5, 5.41) is 2.04. The highest BCUT2D eigenvalue weighted by Crippen LogP contribution is 2.23. The van der Waals surface area contributed by atoms with Gasteiger partial charge in [0.2, 0.25) is 0 Å². The molecule has 2 aromatic carbocycles. The maximum absolute atomic E-state index is 13.1. The Kier molecular flexibility index (Phi) is 3.69. The van der Waals surface area contributed by atoms with Gasteiger partial charge in [-0.3, -0.25) is 9.69 Å². The Labute approximate surface area is 141 Å². The van der Waals surface area contributed by atoms with Gasteiger partial charge < -0.3 is 0 Å². The van der Waals surface area contributed by atoms with E-state index in [0.717, 1.165) is 26.0 Å². The molecular formula is C19H13NOS2. The maximum Gasteiger partial charge on any atom is 0.274 e. The standard InChI is InChI=1S/C19H13NOS2/c21-18-17(14-8-3-1-4-9-14)23-19(16-12-7-13-22-16)20(18)15-10-5-2-6-11-15/h1-13H. The van der Waals surface area contributed by atoms with Crippen molar-refractivity contribution in [1.29, 1.82) is 0 Å². The molecule has 112 valence electrons. The highest BCUT2D eigenvalue weighted by atomic mass is 32.1. The number of amides is 1. The minimum atomic E-state index is 0.0378. The van der Waals surface area contributed by atoms with E-state index in [1.165, 1.54) is 0 Å². The SMILES string of the molecule is O=C1C(c2ccccc2)=S=C(C2=S=CC=C2)N1c1ccccc1. The van der Waals surface area contributed by atoms with Crippen molar-refractivity contribution in [2.75, 3.05) is 4.90 Å². The molecule has 0 N–H and O–H groups in total. The lowest BCUT2D eigenvalue weighted by atomic mass is 10.1. The fourth-order valence-electron chi connectivity index (χ4n) is 2.52. The highest BCUT2D eigenvalue weighted by Gasteiger charge is 2.31. The zero-order valence-corrected chi connectivity index (χ0v) is 13.8. The van der Waals surface area contributed by atoms with E-state index in [9.17, 15) is 4.79 Å². The van der Waals surface area contributed by atoms with Gasteiger partial charge in [-0.25, -0.2) is 0 Å². The van der Waals surface area contributed by atoms with E-state index in [2.05, 4.69) is 6.08 Å². The third-order valence-electron chi connectivity index (χ3n) is 3.58. The van der Waals surface area contributed by atoms with Crippen LogP contribution in [-0.2, 0) is 4.79 Å². The van der Waals surface area contributed by atoms with Gasteiger partial charge in [0.05, 0.1) is 10.6 Å². The van der Waals surface area contributed by atoms with E-state index in [1.807, 2.05) is 77.0 Å². The van der Waals surface area contributed by atoms with Crippen molar-refractivity contribution in [3.8, 4) is 0 Å². The molecule has 23 heavy (non-hydrogen) atoms. The van der Waals surface area contributed by atoms with E-state index < -0.39 is 0 Å². The van der Waals surface area contributed by atoms with E-state index >= 15 is 0 Å². The molecule has 0 bridgehead atoms. The fraction of sp³-hybridized carbons (Fsp3) is 0. The number of rotatable bonds is 3. The van der Waals surface area contributed by atoms with Gasteiger partial charge in [-0.15, -0.1) is 21.9 Å². The fourth-order valence-corrected chi connectivity index (χ4v) is 4.52. The van der Waals surface area contributed by atoms with Gasteiger partial charge in [0, 0.05) is 0 Å². The summed E-state index contributed by atoms with van der Waals surface area (Å²) in [5.41, 5.74) is 1.87. The molecular weight excluding hydrogens is 322 g/mol. The molecule has 2 heterocycles. The van der Waals surface area contributed by atoms with Crippen LogP contribution in [-0.4, -0.2) is 26.0 Å². The smallest absolute Gasteiger partial charge is 0.267 e. The first kappa shape index (κ1) is 14.2. The second-order valence-corrected chi connectivity index (χ2v) is 7.00. The third-order valence-corrected chi connectivity index (χ3v) is 5.80. The number of benzene rings is 2. The van der Waals surface area contributed by atoms with Crippen LogP contribution in [0.1, 0.15) is 5.56 Å². The number of hydrogen-bond donors (Lipinski definition) is 0. The van der Waals surface area contributed by atoms with Crippen LogP contribution in [0.25, 0.3) is 0 Å². The van der Waals surface area contributed by atoms with Gasteiger partial charge in [0.1, 0.15) is 9.85 Å². The minimum Gasteiger partial charge on any atom is -0.267 e. The Balaban J connectivity index is 1.88. The van der Waals surface area contributed by atoms with Crippen LogP contribution in [0.4, 0.5) is 5.69 Å². The molecule has 2 nitrogen and oxygen atoms in total. The zero-order valence-electron chi connectivity index (χ0n) is 12.2. The van der Waals surface area contributed by atoms with E-state index in [4.69, 9.17) is 0 Å². The Bertz CT molecular complexity index is 945. The number of allylic oxidation sites excluding steroid dienone is 1. The van der Waals surface area contributed by atoms with Crippen LogP contribution >= 0.6 is 21.9 Å². The largest absolute Gasteiger partial charge is 0.274 e. The summed E-state index contributed by atoms with van der Waals surface area (Å²) in [4.78, 5) is 17.7. The second kappa shape index (κ2) is 5.99. The number of hydrogen-bond acceptors (Lipinski definition) is 1. The van der Waals surface area contributed by atoms with Crippen molar-refractivity contribution >= 4 is 53.6 Å². The number of carbonyl (C=O) groups excluding carboxylic acids is 1. The lowest BCUT2D eigenvalue weighted by Gasteiger charge is -2.20. The molecule has 2 aliphatic rings. The van der Waals surface area contributed by atoms with Crippen LogP contribution in [0.5, 0.6) is 0 Å². The monoisotopic (exact) mass is 335 g/mol. The summed E-state index contributed by atoms with van der Waals surface area (Å²) in [6, 6.07) is 19.7. The Morgan fingerprint density at radius 3 is 2.22 bits per heavy atom. The molecule has 4 rings (SSSR count). The first-order valence-electron chi connectivity index (χ1n) is 7.25. The molecule has 4 heteroatoms. The van der Waals surface area contributed by atoms with Gasteiger partial charge in [0.25, 0.3) is 5.91 Å². The number of anilines is 1. The lowest BCUT2D eigenvalue weighted by Crippen LogP contribution is -2.39. The molecule has 0 spiro atoms. The van der Waals surface area contributed by atoms with E-state index in [-0.39, 0.29) is 5.91 Å². The Morgan fingerprint density at radius 1 is 0.870 bits per heavy atom. The number of carbonyl (C=O) groups is 1. The zero-order chi connectivity index (χ0) is 15.6. The minimum absolute atomic E-state index is 0.0378. The van der Waals surface area contributed by atoms with Crippen molar-refractivity contribution in [2.24, 2.45) is 0 Å². The molecule has 2 aliphatic heterocycles. The predicted molar refractivity (Wildman–Crippen MR) is 105 cm³/mol. The lowest BCUT2D eigenvalue weighted by molar-refractivity contribution is -0.111. The summed E-state index contributed by atoms with van der Waals surface area (Å²) in [5.74, 6) is 0.0378. The Hall–Kier alpha value is -2.43. The molecule has 0 atom stereocenters. The maximum atomic E-state index is 13.1. The molecule has 0 aromatic heterocycles. The van der Waals surface area contributed by atoms with Crippen LogP contribution in [0.3, 0.4) is 0 Å². The quantitative estimate of drug-likeness (QED) is 0.787. The van der Waals surface area contributed by atoms with Crippen LogP contribution in [0, 0.1) is 0 Å². The molecule has 0 saturated carbocycles. The summed E-state index contributed by atoms with van der Waals surface area (Å²) < 4.78 is 0. The van der Waals surface area contributed by atoms with Crippen molar-refractivity contribution in [2.45, 2.75) is 0 Å². The molecule has 0 unspecified atom stereocenters. The van der Waals surface area contributed by atoms with Crippen LogP contribution in [0.15, 0.2) is 72.8 Å². The van der Waals surface area contributed by atoms with E-state index in [1.54, 1.807) is 21.9 Å². The van der Waals surface area contributed by atoms with Crippen LogP contribution < -0.4 is 4.90 Å². The summed E-state index contributed by atoms with van der Waals surface area (Å²) in [6.45, 7) is 0. The first-order valence-corrected chi connectivity index (χ1v) is 8.95. The third kappa shape index (κ3) is 2.56. The second-order valence-electron chi connectivity index (χ2n) is 5.06. The van der Waals surface area contributed by atoms with Gasteiger partial charge in [-0.05, 0) is 29.1 Å². The summed E-state index contributed by atoms with van der Waals surface area (Å²) >= 11 is 0. The molecule has 1 amide bonds. The van der Waals surface area contributed by atoms with Crippen molar-refractivity contribution in [3.05, 3.63) is 78.4 Å². The predicted octanol–water partition coefficient (Wildman–Crippen LogP) is 3.39. The molecule has 0 saturated heterocycles. The van der Waals surface area contributed by atoms with Gasteiger partial charge in [0.15, 0.2) is 0 Å². The Morgan fingerprint density at radius 2 is 1.57 bits per heavy atom. The van der Waals surface area contributed by atoms with Gasteiger partial charge in [-0.1, -0.05) is 54.6 Å². The van der Waals surface area contributed by atoms with Crippen molar-refractivity contribution in [3.63, 3.8) is 0 Å². The number of nitrogens with zero attached hydrogens (tertiary/aromatic N) is 1. The number of para-hydroxylation sites is 1. The normalized spacial score (nSPS) is 16.4. The van der Waals surface area contributed by atoms with Crippen molar-refractivity contribution in [1.82, 2.24) is 0 Å². The topological polar surface area (TPSA) is 20.3 Å². The van der Waals surface area contributed by atoms with Crippen molar-refractivity contribution < 1.29 is 4.79 Å². The summed E-state index contributed by atoms with van der Waals surface area (Å²) in [7, 11) is 3.21. The average molecular weight is 335 g/mol. The average Bonchev–Trinajstić information content (AvgIpc) is 3.24. The first-order chi connectivity index (χ1) is 11.3. The van der Waals surface area contributed by atoms with E-state index in [0.29, 0.717) is 0 Å². The molecule has 2 aromatic rings. The molecule has 0 aliphatic carbocycles. The highest BCUT2D eigenvalue weighted by molar-refractivity contribution is 8.07. The van der Waals surface area contributed by atoms with Gasteiger partial charge in [-0.2, -0.15) is 0 Å². The summed E-state index contributed by atoms with van der Waals surface area (Å²) in [6.07, 6.45) is 4.08.